The highest BCUT2D eigenvalue weighted by atomic mass is 79.9. The third-order valence-corrected chi connectivity index (χ3v) is 3.49. The van der Waals surface area contributed by atoms with Crippen LogP contribution in [0.25, 0.3) is 0 Å². The van der Waals surface area contributed by atoms with Crippen molar-refractivity contribution in [3.8, 4) is 0 Å². The Hall–Kier alpha value is -0.650. The molecule has 0 radical (unpaired) electrons. The third-order valence-electron chi connectivity index (χ3n) is 1.89. The number of thiazole rings is 1. The fourth-order valence-electron chi connectivity index (χ4n) is 1.17. The highest BCUT2D eigenvalue weighted by molar-refractivity contribution is 9.10. The number of rotatable bonds is 3. The van der Waals surface area contributed by atoms with Crippen molar-refractivity contribution in [1.29, 1.82) is 0 Å². The Morgan fingerprint density at radius 2 is 2.31 bits per heavy atom. The van der Waals surface area contributed by atoms with Crippen LogP contribution >= 0.6 is 38.9 Å². The van der Waals surface area contributed by atoms with Gasteiger partial charge in [0.25, 0.3) is 0 Å². The van der Waals surface area contributed by atoms with Gasteiger partial charge in [0.1, 0.15) is 15.2 Å². The molecule has 0 amide bonds. The molecule has 0 fully saturated rings. The van der Waals surface area contributed by atoms with Gasteiger partial charge in [-0.2, -0.15) is 0 Å². The molecule has 1 heterocycles. The number of hydrogen-bond donors (Lipinski definition) is 1. The second kappa shape index (κ2) is 5.12. The summed E-state index contributed by atoms with van der Waals surface area (Å²) in [6.07, 6.45) is 1.58. The average Bonchev–Trinajstić information content (AvgIpc) is 2.63. The first-order valence-corrected chi connectivity index (χ1v) is 6.43. The standard InChI is InChI=1S/C10H7BrClFN2S/c11-6-1-2-8(7(13)3-6)14-5-10-15-4-9(12)16-10/h1-4,14H,5H2. The molecule has 0 unspecified atom stereocenters. The lowest BCUT2D eigenvalue weighted by Crippen LogP contribution is -2.00. The number of nitrogens with one attached hydrogen (secondary N) is 1. The smallest absolute Gasteiger partial charge is 0.147 e. The highest BCUT2D eigenvalue weighted by Crippen LogP contribution is 2.22. The number of aromatic nitrogens is 1. The predicted molar refractivity (Wildman–Crippen MR) is 68.6 cm³/mol. The molecule has 2 rings (SSSR count). The normalized spacial score (nSPS) is 10.4. The van der Waals surface area contributed by atoms with Gasteiger partial charge < -0.3 is 5.32 Å². The van der Waals surface area contributed by atoms with Gasteiger partial charge in [-0.25, -0.2) is 9.37 Å². The molecule has 0 saturated carbocycles. The van der Waals surface area contributed by atoms with Crippen molar-refractivity contribution in [2.24, 2.45) is 0 Å². The van der Waals surface area contributed by atoms with E-state index >= 15 is 0 Å². The third kappa shape index (κ3) is 2.93. The zero-order valence-electron chi connectivity index (χ0n) is 8.01. The van der Waals surface area contributed by atoms with Gasteiger partial charge in [-0.15, -0.1) is 11.3 Å². The lowest BCUT2D eigenvalue weighted by Gasteiger charge is -2.05. The van der Waals surface area contributed by atoms with E-state index in [1.54, 1.807) is 18.3 Å². The minimum atomic E-state index is -0.294. The Balaban J connectivity index is 2.04. The maximum atomic E-state index is 13.4. The summed E-state index contributed by atoms with van der Waals surface area (Å²) in [6.45, 7) is 0.468. The van der Waals surface area contributed by atoms with E-state index < -0.39 is 0 Å². The first kappa shape index (κ1) is 11.8. The highest BCUT2D eigenvalue weighted by Gasteiger charge is 2.04. The Kier molecular flexibility index (Phi) is 3.78. The minimum Gasteiger partial charge on any atom is -0.376 e. The second-order valence-corrected chi connectivity index (χ2v) is 5.70. The molecule has 0 aliphatic rings. The summed E-state index contributed by atoms with van der Waals surface area (Å²) in [5.41, 5.74) is 0.453. The van der Waals surface area contributed by atoms with Crippen molar-refractivity contribution < 1.29 is 4.39 Å². The van der Waals surface area contributed by atoms with Crippen molar-refractivity contribution in [2.45, 2.75) is 6.54 Å². The molecule has 16 heavy (non-hydrogen) atoms. The van der Waals surface area contributed by atoms with Gasteiger partial charge in [0.05, 0.1) is 18.4 Å². The van der Waals surface area contributed by atoms with Crippen LogP contribution in [0.5, 0.6) is 0 Å². The quantitative estimate of drug-likeness (QED) is 0.911. The maximum Gasteiger partial charge on any atom is 0.147 e. The zero-order chi connectivity index (χ0) is 11.5. The van der Waals surface area contributed by atoms with Crippen molar-refractivity contribution >= 4 is 44.6 Å². The molecule has 6 heteroatoms. The van der Waals surface area contributed by atoms with Crippen LogP contribution in [-0.2, 0) is 6.54 Å². The molecule has 0 aliphatic carbocycles. The molecule has 84 valence electrons. The number of anilines is 1. The molecule has 2 aromatic rings. The maximum absolute atomic E-state index is 13.4. The van der Waals surface area contributed by atoms with Crippen LogP contribution in [0.15, 0.2) is 28.9 Å². The van der Waals surface area contributed by atoms with E-state index in [1.807, 2.05) is 0 Å². The van der Waals surface area contributed by atoms with Gasteiger partial charge in [0, 0.05) is 4.47 Å². The van der Waals surface area contributed by atoms with Gasteiger partial charge in [-0.1, -0.05) is 27.5 Å². The second-order valence-electron chi connectivity index (χ2n) is 3.04. The van der Waals surface area contributed by atoms with Crippen LogP contribution in [0.3, 0.4) is 0 Å². The minimum absolute atomic E-state index is 0.294. The van der Waals surface area contributed by atoms with Crippen LogP contribution in [0.4, 0.5) is 10.1 Å². The number of halogens is 3. The van der Waals surface area contributed by atoms with Crippen LogP contribution in [0, 0.1) is 5.82 Å². The molecule has 0 aliphatic heterocycles. The molecule has 0 spiro atoms. The van der Waals surface area contributed by atoms with Gasteiger partial charge >= 0.3 is 0 Å². The summed E-state index contributed by atoms with van der Waals surface area (Å²) in [4.78, 5) is 4.07. The Morgan fingerprint density at radius 3 is 2.94 bits per heavy atom. The van der Waals surface area contributed by atoms with Gasteiger partial charge in [-0.05, 0) is 18.2 Å². The van der Waals surface area contributed by atoms with E-state index in [1.165, 1.54) is 17.4 Å². The summed E-state index contributed by atoms with van der Waals surface area (Å²) in [5, 5.41) is 3.79. The number of hydrogen-bond acceptors (Lipinski definition) is 3. The Morgan fingerprint density at radius 1 is 1.50 bits per heavy atom. The first-order chi connectivity index (χ1) is 7.65. The summed E-state index contributed by atoms with van der Waals surface area (Å²) >= 11 is 10.3. The van der Waals surface area contributed by atoms with E-state index in [4.69, 9.17) is 11.6 Å². The van der Waals surface area contributed by atoms with Gasteiger partial charge in [0.2, 0.25) is 0 Å². The van der Waals surface area contributed by atoms with Crippen molar-refractivity contribution in [1.82, 2.24) is 4.98 Å². The van der Waals surface area contributed by atoms with E-state index in [2.05, 4.69) is 26.2 Å². The molecule has 1 aromatic heterocycles. The number of nitrogens with zero attached hydrogens (tertiary/aromatic N) is 1. The molecule has 1 N–H and O–H groups in total. The number of benzene rings is 1. The van der Waals surface area contributed by atoms with E-state index in [-0.39, 0.29) is 5.82 Å². The summed E-state index contributed by atoms with van der Waals surface area (Å²) < 4.78 is 14.8. The summed E-state index contributed by atoms with van der Waals surface area (Å²) in [5.74, 6) is -0.294. The van der Waals surface area contributed by atoms with Crippen LogP contribution in [-0.4, -0.2) is 4.98 Å². The molecule has 2 nitrogen and oxygen atoms in total. The predicted octanol–water partition coefficient (Wildman–Crippen LogP) is 4.31. The Bertz CT molecular complexity index is 503. The van der Waals surface area contributed by atoms with E-state index in [0.29, 0.717) is 21.0 Å². The van der Waals surface area contributed by atoms with Crippen molar-refractivity contribution in [3.05, 3.63) is 44.0 Å². The fraction of sp³-hybridized carbons (Fsp3) is 0.100. The average molecular weight is 322 g/mol. The molecular formula is C10H7BrClFN2S. The molecular weight excluding hydrogens is 315 g/mol. The van der Waals surface area contributed by atoms with Gasteiger partial charge in [-0.3, -0.25) is 0 Å². The Labute approximate surface area is 110 Å². The van der Waals surface area contributed by atoms with Gasteiger partial charge in [0.15, 0.2) is 0 Å². The topological polar surface area (TPSA) is 24.9 Å². The summed E-state index contributed by atoms with van der Waals surface area (Å²) in [6, 6.07) is 4.87. The molecule has 0 atom stereocenters. The van der Waals surface area contributed by atoms with E-state index in [9.17, 15) is 4.39 Å². The molecule has 0 saturated heterocycles. The fourth-order valence-corrected chi connectivity index (χ4v) is 2.40. The SMILES string of the molecule is Fc1cc(Br)ccc1NCc1ncc(Cl)s1. The molecule has 0 bridgehead atoms. The monoisotopic (exact) mass is 320 g/mol. The largest absolute Gasteiger partial charge is 0.376 e. The van der Waals surface area contributed by atoms with Crippen molar-refractivity contribution in [3.63, 3.8) is 0 Å². The van der Waals surface area contributed by atoms with E-state index in [0.717, 1.165) is 5.01 Å². The lowest BCUT2D eigenvalue weighted by atomic mass is 10.3. The summed E-state index contributed by atoms with van der Waals surface area (Å²) in [7, 11) is 0. The van der Waals surface area contributed by atoms with Crippen molar-refractivity contribution in [2.75, 3.05) is 5.32 Å². The van der Waals surface area contributed by atoms with Crippen LogP contribution in [0.1, 0.15) is 5.01 Å². The zero-order valence-corrected chi connectivity index (χ0v) is 11.2. The first-order valence-electron chi connectivity index (χ1n) is 4.44. The lowest BCUT2D eigenvalue weighted by molar-refractivity contribution is 0.629. The van der Waals surface area contributed by atoms with Crippen LogP contribution in [0.2, 0.25) is 4.34 Å². The molecule has 1 aromatic carbocycles. The van der Waals surface area contributed by atoms with Crippen LogP contribution < -0.4 is 5.32 Å².